The molecule has 0 aliphatic heterocycles. The van der Waals surface area contributed by atoms with Gasteiger partial charge in [0.1, 0.15) is 5.60 Å². The summed E-state index contributed by atoms with van der Waals surface area (Å²) in [6.07, 6.45) is -0.828. The Balaban J connectivity index is 0.00000436. The highest BCUT2D eigenvalue weighted by Crippen LogP contribution is 2.10. The first-order valence-electron chi connectivity index (χ1n) is 10.8. The summed E-state index contributed by atoms with van der Waals surface area (Å²) in [4.78, 5) is 12.1. The number of benzene rings is 1. The fourth-order valence-corrected chi connectivity index (χ4v) is 2.56. The molecule has 1 aromatic carbocycles. The van der Waals surface area contributed by atoms with Crippen LogP contribution in [0.2, 0.25) is 0 Å². The van der Waals surface area contributed by atoms with Gasteiger partial charge in [0.25, 0.3) is 0 Å². The number of alkyl carbamates (subject to hydrolysis) is 1. The van der Waals surface area contributed by atoms with Gasteiger partial charge < -0.3 is 24.8 Å². The van der Waals surface area contributed by atoms with Gasteiger partial charge in [-0.25, -0.2) is 4.79 Å². The maximum atomic E-state index is 12.5. The van der Waals surface area contributed by atoms with Crippen molar-refractivity contribution in [3.8, 4) is 0 Å². The monoisotopic (exact) mass is 446 g/mol. The average molecular weight is 447 g/mol. The van der Waals surface area contributed by atoms with Crippen molar-refractivity contribution in [1.82, 2.24) is 10.6 Å². The average Bonchev–Trinajstić information content (AvgIpc) is 2.69. The normalized spacial score (nSPS) is 15.3. The third kappa shape index (κ3) is 14.0. The van der Waals surface area contributed by atoms with Crippen LogP contribution in [0.5, 0.6) is 0 Å². The van der Waals surface area contributed by atoms with Gasteiger partial charge in [-0.3, -0.25) is 0 Å². The molecule has 0 aliphatic rings. The summed E-state index contributed by atoms with van der Waals surface area (Å²) in [6.45, 7) is 12.0. The van der Waals surface area contributed by atoms with Crippen molar-refractivity contribution < 1.29 is 27.8 Å². The molecule has 0 aromatic heterocycles. The summed E-state index contributed by atoms with van der Waals surface area (Å²) >= 11 is 0. The summed E-state index contributed by atoms with van der Waals surface area (Å²) in [7, 11) is 0. The number of hydrogen-bond donors (Lipinski definition) is 2. The molecule has 0 spiro atoms. The maximum absolute atomic E-state index is 12.5. The number of hydrogen-bond acceptors (Lipinski definition) is 5. The van der Waals surface area contributed by atoms with Crippen molar-refractivity contribution >= 4 is 6.09 Å². The molecule has 180 valence electrons. The van der Waals surface area contributed by atoms with E-state index in [4.69, 9.17) is 9.47 Å². The van der Waals surface area contributed by atoms with Gasteiger partial charge in [0.2, 0.25) is 0 Å². The highest BCUT2D eigenvalue weighted by molar-refractivity contribution is 5.68. The molecule has 0 heterocycles. The van der Waals surface area contributed by atoms with Gasteiger partial charge in [-0.05, 0) is 47.1 Å². The number of amides is 1. The van der Waals surface area contributed by atoms with Gasteiger partial charge >= 0.3 is 12.7 Å². The van der Waals surface area contributed by atoms with E-state index in [1.807, 2.05) is 58.0 Å². The smallest absolute Gasteiger partial charge is 0.408 e. The van der Waals surface area contributed by atoms with Crippen LogP contribution in [-0.2, 0) is 20.8 Å². The molecule has 6 nitrogen and oxygen atoms in total. The number of carbonyl (C=O) groups is 1. The van der Waals surface area contributed by atoms with Crippen molar-refractivity contribution in [2.75, 3.05) is 6.61 Å². The third-order valence-corrected chi connectivity index (χ3v) is 4.29. The molecule has 4 atom stereocenters. The second kappa shape index (κ2) is 15.1. The van der Waals surface area contributed by atoms with Gasteiger partial charge in [-0.15, -0.1) is 0 Å². The fraction of sp³-hybridized carbons (Fsp3) is 0.696. The van der Waals surface area contributed by atoms with Gasteiger partial charge in [0, 0.05) is 12.1 Å². The predicted molar refractivity (Wildman–Crippen MR) is 119 cm³/mol. The Bertz CT molecular complexity index is 597. The van der Waals surface area contributed by atoms with E-state index >= 15 is 0 Å². The van der Waals surface area contributed by atoms with Crippen LogP contribution in [0.4, 0.5) is 13.6 Å². The number of nitrogens with one attached hydrogen (secondary N) is 2. The van der Waals surface area contributed by atoms with Crippen molar-refractivity contribution in [2.24, 2.45) is 0 Å². The maximum Gasteiger partial charge on any atom is 0.408 e. The summed E-state index contributed by atoms with van der Waals surface area (Å²) in [5.74, 6) is 0. The van der Waals surface area contributed by atoms with E-state index in [0.29, 0.717) is 6.61 Å². The fourth-order valence-electron chi connectivity index (χ4n) is 2.56. The van der Waals surface area contributed by atoms with E-state index in [9.17, 15) is 13.6 Å². The number of rotatable bonds is 11. The number of carbonyl (C=O) groups excluding carboxylic acids is 1. The molecule has 0 bridgehead atoms. The molecule has 31 heavy (non-hydrogen) atoms. The Morgan fingerprint density at radius 2 is 1.58 bits per heavy atom. The molecule has 8 heteroatoms. The second-order valence-electron chi connectivity index (χ2n) is 8.09. The van der Waals surface area contributed by atoms with Crippen molar-refractivity contribution in [3.05, 3.63) is 35.9 Å². The van der Waals surface area contributed by atoms with E-state index in [0.717, 1.165) is 5.56 Å². The quantitative estimate of drug-likeness (QED) is 0.494. The van der Waals surface area contributed by atoms with Crippen LogP contribution in [0.3, 0.4) is 0 Å². The zero-order valence-corrected chi connectivity index (χ0v) is 20.1. The lowest BCUT2D eigenvalue weighted by molar-refractivity contribution is -0.135. The zero-order chi connectivity index (χ0) is 24.0. The molecule has 0 aliphatic carbocycles. The largest absolute Gasteiger partial charge is 0.444 e. The Morgan fingerprint density at radius 1 is 1.00 bits per heavy atom. The molecule has 1 rings (SSSR count). The van der Waals surface area contributed by atoms with Crippen LogP contribution in [0.1, 0.15) is 61.0 Å². The van der Waals surface area contributed by atoms with Crippen molar-refractivity contribution in [3.63, 3.8) is 0 Å². The van der Waals surface area contributed by atoms with E-state index in [-0.39, 0.29) is 24.8 Å². The minimum atomic E-state index is -2.92. The lowest BCUT2D eigenvalue weighted by Crippen LogP contribution is -2.55. The summed E-state index contributed by atoms with van der Waals surface area (Å²) in [5, 5.41) is 5.90. The predicted octanol–water partition coefficient (Wildman–Crippen LogP) is 5.12. The lowest BCUT2D eigenvalue weighted by Gasteiger charge is -2.31. The first kappa shape index (κ1) is 29.2. The highest BCUT2D eigenvalue weighted by atomic mass is 19.3. The minimum Gasteiger partial charge on any atom is -0.444 e. The van der Waals surface area contributed by atoms with Crippen LogP contribution >= 0.6 is 0 Å². The summed E-state index contributed by atoms with van der Waals surface area (Å²) < 4.78 is 40.6. The van der Waals surface area contributed by atoms with Gasteiger partial charge in [-0.1, -0.05) is 44.2 Å². The number of alkyl halides is 2. The molecule has 1 amide bonds. The summed E-state index contributed by atoms with van der Waals surface area (Å²) in [5.41, 5.74) is 0.372. The standard InChI is InChI=1S/C21H34F2N2O4.C2H6/c1-14(16(3)27-12-17-10-8-7-9-11-17)24-15(2)18(13-28-19(22)23)25-20(26)29-21(4,5)6;1-2/h7-11,14-16,18-19,24H,12-13H2,1-6H3,(H,25,26);1-2H3/t14-,15?,16-,18?;/m0./s1. The number of halogens is 2. The van der Waals surface area contributed by atoms with Gasteiger partial charge in [0.05, 0.1) is 25.4 Å². The van der Waals surface area contributed by atoms with E-state index < -0.39 is 24.3 Å². The molecule has 0 fully saturated rings. The van der Waals surface area contributed by atoms with Crippen LogP contribution in [0.25, 0.3) is 0 Å². The molecule has 2 N–H and O–H groups in total. The summed E-state index contributed by atoms with van der Waals surface area (Å²) in [6, 6.07) is 8.64. The Morgan fingerprint density at radius 3 is 2.10 bits per heavy atom. The second-order valence-corrected chi connectivity index (χ2v) is 8.09. The topological polar surface area (TPSA) is 68.8 Å². The van der Waals surface area contributed by atoms with Crippen LogP contribution in [0.15, 0.2) is 30.3 Å². The Kier molecular flexibility index (Phi) is 14.2. The van der Waals surface area contributed by atoms with Crippen molar-refractivity contribution in [2.45, 2.75) is 98.4 Å². The van der Waals surface area contributed by atoms with Crippen LogP contribution in [0, 0.1) is 0 Å². The van der Waals surface area contributed by atoms with E-state index in [1.54, 1.807) is 27.7 Å². The third-order valence-electron chi connectivity index (χ3n) is 4.29. The molecule has 2 unspecified atom stereocenters. The Labute approximate surface area is 186 Å². The molecule has 0 saturated heterocycles. The first-order valence-corrected chi connectivity index (χ1v) is 10.8. The number of ether oxygens (including phenoxy) is 3. The SMILES string of the molecule is CC.CC(N[C@@H](C)[C@H](C)OCc1ccccc1)C(COC(F)F)NC(=O)OC(C)(C)C. The molecule has 0 radical (unpaired) electrons. The Hall–Kier alpha value is -1.77. The van der Waals surface area contributed by atoms with Crippen LogP contribution < -0.4 is 10.6 Å². The molecular weight excluding hydrogens is 406 g/mol. The zero-order valence-electron chi connectivity index (χ0n) is 20.1. The first-order chi connectivity index (χ1) is 14.5. The van der Waals surface area contributed by atoms with Crippen molar-refractivity contribution in [1.29, 1.82) is 0 Å². The van der Waals surface area contributed by atoms with Gasteiger partial charge in [0.15, 0.2) is 0 Å². The lowest BCUT2D eigenvalue weighted by atomic mass is 10.1. The molecular formula is C23H40F2N2O4. The minimum absolute atomic E-state index is 0.0943. The highest BCUT2D eigenvalue weighted by Gasteiger charge is 2.26. The van der Waals surface area contributed by atoms with E-state index in [2.05, 4.69) is 15.4 Å². The van der Waals surface area contributed by atoms with E-state index in [1.165, 1.54) is 0 Å². The van der Waals surface area contributed by atoms with Crippen LogP contribution in [-0.4, -0.2) is 49.1 Å². The molecule has 0 saturated carbocycles. The molecule has 1 aromatic rings. The van der Waals surface area contributed by atoms with Gasteiger partial charge in [-0.2, -0.15) is 8.78 Å².